The molecule has 1 atom stereocenters. The van der Waals surface area contributed by atoms with Crippen molar-refractivity contribution in [3.05, 3.63) is 24.0 Å². The van der Waals surface area contributed by atoms with Crippen LogP contribution < -0.4 is 10.1 Å². The Morgan fingerprint density at radius 1 is 1.52 bits per heavy atom. The summed E-state index contributed by atoms with van der Waals surface area (Å²) < 4.78 is 24.1. The van der Waals surface area contributed by atoms with Gasteiger partial charge in [-0.05, 0) is 19.4 Å². The monoisotopic (exact) mass is 296 g/mol. The van der Waals surface area contributed by atoms with Crippen LogP contribution in [-0.2, 0) is 4.74 Å². The van der Waals surface area contributed by atoms with Gasteiger partial charge in [-0.1, -0.05) is 6.92 Å². The van der Waals surface area contributed by atoms with Crippen LogP contribution in [0.3, 0.4) is 0 Å². The van der Waals surface area contributed by atoms with E-state index in [0.717, 1.165) is 6.42 Å². The van der Waals surface area contributed by atoms with Gasteiger partial charge in [0, 0.05) is 24.4 Å². The SMILES string of the molecule is CCC1(C)CN(C(=O)Nc2cc(F)cc(OC)c2)CCO1. The van der Waals surface area contributed by atoms with Gasteiger partial charge >= 0.3 is 6.03 Å². The number of carbonyl (C=O) groups is 1. The van der Waals surface area contributed by atoms with Crippen LogP contribution in [0, 0.1) is 5.82 Å². The molecule has 5 nitrogen and oxygen atoms in total. The number of nitrogens with one attached hydrogen (secondary N) is 1. The van der Waals surface area contributed by atoms with E-state index in [1.165, 1.54) is 19.2 Å². The summed E-state index contributed by atoms with van der Waals surface area (Å²) in [4.78, 5) is 14.0. The van der Waals surface area contributed by atoms with Crippen LogP contribution in [0.4, 0.5) is 14.9 Å². The molecule has 0 bridgehead atoms. The molecule has 2 rings (SSSR count). The Kier molecular flexibility index (Phi) is 4.67. The normalized spacial score (nSPS) is 22.0. The zero-order valence-corrected chi connectivity index (χ0v) is 12.6. The standard InChI is InChI=1S/C15H21FN2O3/c1-4-15(2)10-18(5-6-21-15)14(19)17-12-7-11(16)8-13(9-12)20-3/h7-9H,4-6,10H2,1-3H3,(H,17,19). The summed E-state index contributed by atoms with van der Waals surface area (Å²) >= 11 is 0. The fourth-order valence-electron chi connectivity index (χ4n) is 2.27. The van der Waals surface area contributed by atoms with E-state index in [4.69, 9.17) is 9.47 Å². The average molecular weight is 296 g/mol. The third-order valence-electron chi connectivity index (χ3n) is 3.73. The minimum atomic E-state index is -0.454. The van der Waals surface area contributed by atoms with E-state index in [1.54, 1.807) is 11.0 Å². The quantitative estimate of drug-likeness (QED) is 0.933. The van der Waals surface area contributed by atoms with Crippen LogP contribution in [0.2, 0.25) is 0 Å². The number of carbonyl (C=O) groups excluding carboxylic acids is 1. The van der Waals surface area contributed by atoms with Crippen molar-refractivity contribution < 1.29 is 18.7 Å². The van der Waals surface area contributed by atoms with Crippen molar-refractivity contribution in [3.8, 4) is 5.75 Å². The molecule has 116 valence electrons. The summed E-state index contributed by atoms with van der Waals surface area (Å²) in [5, 5.41) is 2.70. The fraction of sp³-hybridized carbons (Fsp3) is 0.533. The van der Waals surface area contributed by atoms with Crippen molar-refractivity contribution in [2.24, 2.45) is 0 Å². The van der Waals surface area contributed by atoms with E-state index in [1.807, 2.05) is 13.8 Å². The van der Waals surface area contributed by atoms with Gasteiger partial charge in [-0.3, -0.25) is 0 Å². The Balaban J connectivity index is 2.06. The van der Waals surface area contributed by atoms with Crippen molar-refractivity contribution in [2.45, 2.75) is 25.9 Å². The molecule has 1 N–H and O–H groups in total. The van der Waals surface area contributed by atoms with Gasteiger partial charge in [0.15, 0.2) is 0 Å². The van der Waals surface area contributed by atoms with Gasteiger partial charge < -0.3 is 19.7 Å². The number of hydrogen-bond donors (Lipinski definition) is 1. The molecule has 1 fully saturated rings. The first-order valence-electron chi connectivity index (χ1n) is 7.00. The highest BCUT2D eigenvalue weighted by molar-refractivity contribution is 5.89. The topological polar surface area (TPSA) is 50.8 Å². The molecule has 1 saturated heterocycles. The molecule has 1 unspecified atom stereocenters. The zero-order chi connectivity index (χ0) is 15.5. The molecule has 0 aliphatic carbocycles. The van der Waals surface area contributed by atoms with E-state index in [0.29, 0.717) is 31.1 Å². The third kappa shape index (κ3) is 3.85. The van der Waals surface area contributed by atoms with Crippen molar-refractivity contribution in [3.63, 3.8) is 0 Å². The second-order valence-electron chi connectivity index (χ2n) is 5.38. The molecule has 1 aromatic carbocycles. The number of anilines is 1. The summed E-state index contributed by atoms with van der Waals surface area (Å²) in [5.41, 5.74) is 0.0522. The van der Waals surface area contributed by atoms with E-state index in [2.05, 4.69) is 5.32 Å². The predicted octanol–water partition coefficient (Wildman–Crippen LogP) is 2.87. The molecule has 1 aliphatic rings. The minimum Gasteiger partial charge on any atom is -0.497 e. The number of halogens is 1. The highest BCUT2D eigenvalue weighted by Crippen LogP contribution is 2.23. The summed E-state index contributed by atoms with van der Waals surface area (Å²) in [7, 11) is 1.45. The number of morpholine rings is 1. The second-order valence-corrected chi connectivity index (χ2v) is 5.38. The zero-order valence-electron chi connectivity index (χ0n) is 12.6. The first kappa shape index (κ1) is 15.6. The predicted molar refractivity (Wildman–Crippen MR) is 78.2 cm³/mol. The number of ether oxygens (including phenoxy) is 2. The molecule has 1 aliphatic heterocycles. The van der Waals surface area contributed by atoms with Crippen LogP contribution in [0.5, 0.6) is 5.75 Å². The molecule has 21 heavy (non-hydrogen) atoms. The smallest absolute Gasteiger partial charge is 0.322 e. The van der Waals surface area contributed by atoms with Gasteiger partial charge in [0.2, 0.25) is 0 Å². The summed E-state index contributed by atoms with van der Waals surface area (Å²) in [6.07, 6.45) is 0.824. The van der Waals surface area contributed by atoms with E-state index >= 15 is 0 Å². The van der Waals surface area contributed by atoms with Gasteiger partial charge in [0.25, 0.3) is 0 Å². The van der Waals surface area contributed by atoms with Crippen molar-refractivity contribution >= 4 is 11.7 Å². The summed E-state index contributed by atoms with van der Waals surface area (Å²) in [6.45, 7) is 5.55. The molecular weight excluding hydrogens is 275 g/mol. The van der Waals surface area contributed by atoms with Gasteiger partial charge in [-0.2, -0.15) is 0 Å². The van der Waals surface area contributed by atoms with Gasteiger partial charge in [0.1, 0.15) is 11.6 Å². The van der Waals surface area contributed by atoms with E-state index in [9.17, 15) is 9.18 Å². The lowest BCUT2D eigenvalue weighted by Gasteiger charge is -2.39. The van der Waals surface area contributed by atoms with Crippen LogP contribution in [0.25, 0.3) is 0 Å². The fourth-order valence-corrected chi connectivity index (χ4v) is 2.27. The maximum Gasteiger partial charge on any atom is 0.322 e. The maximum absolute atomic E-state index is 13.4. The number of nitrogens with zero attached hydrogens (tertiary/aromatic N) is 1. The van der Waals surface area contributed by atoms with Crippen LogP contribution >= 0.6 is 0 Å². The largest absolute Gasteiger partial charge is 0.497 e. The number of urea groups is 1. The number of hydrogen-bond acceptors (Lipinski definition) is 3. The molecule has 0 radical (unpaired) electrons. The lowest BCUT2D eigenvalue weighted by Crippen LogP contribution is -2.53. The summed E-state index contributed by atoms with van der Waals surface area (Å²) in [6, 6.07) is 3.85. The lowest BCUT2D eigenvalue weighted by molar-refractivity contribution is -0.0860. The van der Waals surface area contributed by atoms with Gasteiger partial charge in [-0.15, -0.1) is 0 Å². The molecule has 0 aromatic heterocycles. The minimum absolute atomic E-state index is 0.259. The molecule has 0 saturated carbocycles. The second kappa shape index (κ2) is 6.30. The van der Waals surface area contributed by atoms with E-state index < -0.39 is 5.82 Å². The van der Waals surface area contributed by atoms with Gasteiger partial charge in [0.05, 0.1) is 25.9 Å². The molecular formula is C15H21FN2O3. The highest BCUT2D eigenvalue weighted by Gasteiger charge is 2.32. The Morgan fingerprint density at radius 2 is 2.29 bits per heavy atom. The number of amides is 2. The Hall–Kier alpha value is -1.82. The van der Waals surface area contributed by atoms with Crippen molar-refractivity contribution in [1.29, 1.82) is 0 Å². The van der Waals surface area contributed by atoms with Crippen LogP contribution in [0.1, 0.15) is 20.3 Å². The van der Waals surface area contributed by atoms with E-state index in [-0.39, 0.29) is 11.6 Å². The first-order chi connectivity index (χ1) is 9.95. The lowest BCUT2D eigenvalue weighted by atomic mass is 10.0. The molecule has 1 aromatic rings. The molecule has 6 heteroatoms. The maximum atomic E-state index is 13.4. The number of methoxy groups -OCH3 is 1. The Bertz CT molecular complexity index is 524. The highest BCUT2D eigenvalue weighted by atomic mass is 19.1. The first-order valence-corrected chi connectivity index (χ1v) is 7.00. The molecule has 2 amide bonds. The number of benzene rings is 1. The summed E-state index contributed by atoms with van der Waals surface area (Å²) in [5.74, 6) is -0.0873. The van der Waals surface area contributed by atoms with Crippen LogP contribution in [-0.4, -0.2) is 43.3 Å². The average Bonchev–Trinajstić information content (AvgIpc) is 2.46. The number of rotatable bonds is 3. The van der Waals surface area contributed by atoms with Gasteiger partial charge in [-0.25, -0.2) is 9.18 Å². The Labute approximate surface area is 124 Å². The Morgan fingerprint density at radius 3 is 2.95 bits per heavy atom. The van der Waals surface area contributed by atoms with Crippen molar-refractivity contribution in [1.82, 2.24) is 4.90 Å². The van der Waals surface area contributed by atoms with Crippen molar-refractivity contribution in [2.75, 3.05) is 32.1 Å². The molecule has 1 heterocycles. The third-order valence-corrected chi connectivity index (χ3v) is 3.73. The van der Waals surface area contributed by atoms with Crippen LogP contribution in [0.15, 0.2) is 18.2 Å². The molecule has 0 spiro atoms.